The standard InChI is InChI=1S/C21H8Cl4O7/c22-12-9(26)5-7(19(28)29)10-17(12)31-18-11(13(23)14(24)16(27)15(18)25)21(10)8-4-2-1-3-6(8)20(30)32-21/h1-5,26-27H,(H,28,29). The van der Waals surface area contributed by atoms with Crippen LogP contribution in [-0.4, -0.2) is 27.3 Å². The third kappa shape index (κ3) is 2.45. The number of phenols is 2. The van der Waals surface area contributed by atoms with Crippen LogP contribution in [0.5, 0.6) is 23.0 Å². The first-order valence-corrected chi connectivity index (χ1v) is 10.3. The molecule has 0 amide bonds. The van der Waals surface area contributed by atoms with Crippen molar-refractivity contribution < 1.29 is 34.4 Å². The number of aromatic carboxylic acids is 1. The van der Waals surface area contributed by atoms with Crippen molar-refractivity contribution in [3.8, 4) is 23.0 Å². The molecule has 0 bridgehead atoms. The van der Waals surface area contributed by atoms with Gasteiger partial charge in [-0.15, -0.1) is 0 Å². The molecule has 0 saturated carbocycles. The molecule has 0 aromatic heterocycles. The van der Waals surface area contributed by atoms with E-state index in [1.54, 1.807) is 12.1 Å². The Labute approximate surface area is 199 Å². The summed E-state index contributed by atoms with van der Waals surface area (Å²) in [4.78, 5) is 25.1. The first-order chi connectivity index (χ1) is 15.1. The summed E-state index contributed by atoms with van der Waals surface area (Å²) in [7, 11) is 0. The zero-order chi connectivity index (χ0) is 23.1. The molecule has 7 nitrogen and oxygen atoms in total. The van der Waals surface area contributed by atoms with Crippen LogP contribution in [0.1, 0.15) is 37.4 Å². The molecule has 2 aliphatic rings. The van der Waals surface area contributed by atoms with Crippen molar-refractivity contribution in [2.24, 2.45) is 0 Å². The average molecular weight is 514 g/mol. The molecule has 3 aromatic carbocycles. The van der Waals surface area contributed by atoms with E-state index in [4.69, 9.17) is 55.9 Å². The number of esters is 1. The van der Waals surface area contributed by atoms with Gasteiger partial charge in [-0.2, -0.15) is 0 Å². The Bertz CT molecular complexity index is 1400. The Kier molecular flexibility index (Phi) is 4.49. The number of fused-ring (bicyclic) bond motifs is 6. The van der Waals surface area contributed by atoms with E-state index in [2.05, 4.69) is 0 Å². The Morgan fingerprint density at radius 3 is 2.25 bits per heavy atom. The highest BCUT2D eigenvalue weighted by atomic mass is 35.5. The number of rotatable bonds is 1. The van der Waals surface area contributed by atoms with Gasteiger partial charge >= 0.3 is 11.9 Å². The molecule has 32 heavy (non-hydrogen) atoms. The molecular weight excluding hydrogens is 506 g/mol. The highest BCUT2D eigenvalue weighted by Gasteiger charge is 2.58. The zero-order valence-electron chi connectivity index (χ0n) is 15.4. The quantitative estimate of drug-likeness (QED) is 0.271. The van der Waals surface area contributed by atoms with Gasteiger partial charge in [0, 0.05) is 5.56 Å². The smallest absolute Gasteiger partial charge is 0.340 e. The van der Waals surface area contributed by atoms with Crippen molar-refractivity contribution in [2.75, 3.05) is 0 Å². The lowest BCUT2D eigenvalue weighted by Crippen LogP contribution is -2.35. The van der Waals surface area contributed by atoms with Crippen molar-refractivity contribution in [3.05, 3.63) is 78.2 Å². The summed E-state index contributed by atoms with van der Waals surface area (Å²) >= 11 is 25.2. The van der Waals surface area contributed by atoms with E-state index in [0.717, 1.165) is 6.07 Å². The molecule has 1 spiro atoms. The van der Waals surface area contributed by atoms with E-state index in [1.807, 2.05) is 0 Å². The van der Waals surface area contributed by atoms with Crippen LogP contribution < -0.4 is 4.74 Å². The molecule has 3 N–H and O–H groups in total. The lowest BCUT2D eigenvalue weighted by atomic mass is 9.75. The fourth-order valence-corrected chi connectivity index (χ4v) is 5.05. The van der Waals surface area contributed by atoms with Crippen LogP contribution in [0, 0.1) is 0 Å². The molecular formula is C21H8Cl4O7. The SMILES string of the molecule is O=C1OC2(c3ccccc31)c1c(C(=O)O)cc(O)c(Cl)c1Oc1c(Cl)c(O)c(Cl)c(Cl)c12. The van der Waals surface area contributed by atoms with Gasteiger partial charge in [-0.3, -0.25) is 0 Å². The molecule has 1 unspecified atom stereocenters. The lowest BCUT2D eigenvalue weighted by Gasteiger charge is -2.38. The number of halogens is 4. The van der Waals surface area contributed by atoms with E-state index >= 15 is 0 Å². The van der Waals surface area contributed by atoms with Gasteiger partial charge in [0.25, 0.3) is 0 Å². The second kappa shape index (κ2) is 6.83. The Balaban J connectivity index is 2.07. The molecule has 0 aliphatic carbocycles. The first kappa shape index (κ1) is 21.0. The third-order valence-corrected chi connectivity index (χ3v) is 6.93. The van der Waals surface area contributed by atoms with E-state index in [-0.39, 0.29) is 53.8 Å². The van der Waals surface area contributed by atoms with Crippen LogP contribution in [0.3, 0.4) is 0 Å². The summed E-state index contributed by atoms with van der Waals surface area (Å²) in [5, 5.41) is 29.1. The predicted octanol–water partition coefficient (Wildman–Crippen LogP) is 5.98. The van der Waals surface area contributed by atoms with E-state index in [0.29, 0.717) is 0 Å². The van der Waals surface area contributed by atoms with Crippen LogP contribution in [0.15, 0.2) is 30.3 Å². The summed E-state index contributed by atoms with van der Waals surface area (Å²) in [6.07, 6.45) is 0. The fraction of sp³-hybridized carbons (Fsp3) is 0.0476. The van der Waals surface area contributed by atoms with Gasteiger partial charge in [0.2, 0.25) is 0 Å². The maximum absolute atomic E-state index is 12.9. The number of carboxylic acid groups (broad SMARTS) is 1. The number of carbonyl (C=O) groups excluding carboxylic acids is 1. The minimum Gasteiger partial charge on any atom is -0.506 e. The maximum Gasteiger partial charge on any atom is 0.340 e. The van der Waals surface area contributed by atoms with Gasteiger partial charge in [0.1, 0.15) is 20.8 Å². The van der Waals surface area contributed by atoms with E-state index in [9.17, 15) is 24.9 Å². The van der Waals surface area contributed by atoms with Crippen LogP contribution in [-0.2, 0) is 10.3 Å². The highest BCUT2D eigenvalue weighted by molar-refractivity contribution is 6.46. The van der Waals surface area contributed by atoms with Crippen LogP contribution >= 0.6 is 46.4 Å². The van der Waals surface area contributed by atoms with Crippen molar-refractivity contribution >= 4 is 58.3 Å². The Morgan fingerprint density at radius 2 is 1.56 bits per heavy atom. The van der Waals surface area contributed by atoms with E-state index < -0.39 is 34.6 Å². The topological polar surface area (TPSA) is 113 Å². The van der Waals surface area contributed by atoms with Gasteiger partial charge in [-0.25, -0.2) is 9.59 Å². The predicted molar refractivity (Wildman–Crippen MR) is 115 cm³/mol. The van der Waals surface area contributed by atoms with Crippen molar-refractivity contribution in [1.82, 2.24) is 0 Å². The summed E-state index contributed by atoms with van der Waals surface area (Å²) in [6, 6.07) is 7.14. The first-order valence-electron chi connectivity index (χ1n) is 8.81. The third-order valence-electron chi connectivity index (χ3n) is 5.37. The molecule has 0 radical (unpaired) electrons. The second-order valence-electron chi connectivity index (χ2n) is 6.98. The summed E-state index contributed by atoms with van der Waals surface area (Å²) in [5.41, 5.74) is -2.41. The lowest BCUT2D eigenvalue weighted by molar-refractivity contribution is 0.0216. The molecule has 5 rings (SSSR count). The normalized spacial score (nSPS) is 17.9. The second-order valence-corrected chi connectivity index (χ2v) is 8.49. The molecule has 162 valence electrons. The Morgan fingerprint density at radius 1 is 0.906 bits per heavy atom. The molecule has 0 fully saturated rings. The maximum atomic E-state index is 12.9. The van der Waals surface area contributed by atoms with Gasteiger partial charge in [-0.05, 0) is 12.1 Å². The summed E-state index contributed by atoms with van der Waals surface area (Å²) < 4.78 is 11.6. The minimum absolute atomic E-state index is 0.0953. The van der Waals surface area contributed by atoms with E-state index in [1.165, 1.54) is 12.1 Å². The van der Waals surface area contributed by atoms with Crippen LogP contribution in [0.4, 0.5) is 0 Å². The van der Waals surface area contributed by atoms with Crippen LogP contribution in [0.25, 0.3) is 0 Å². The number of aromatic hydroxyl groups is 2. The van der Waals surface area contributed by atoms with Crippen molar-refractivity contribution in [2.45, 2.75) is 5.60 Å². The molecule has 11 heteroatoms. The largest absolute Gasteiger partial charge is 0.506 e. The number of hydrogen-bond donors (Lipinski definition) is 3. The van der Waals surface area contributed by atoms with Gasteiger partial charge < -0.3 is 24.8 Å². The fourth-order valence-electron chi connectivity index (χ4n) is 4.09. The molecule has 2 aliphatic heterocycles. The zero-order valence-corrected chi connectivity index (χ0v) is 18.4. The number of hydrogen-bond acceptors (Lipinski definition) is 6. The monoisotopic (exact) mass is 512 g/mol. The van der Waals surface area contributed by atoms with Gasteiger partial charge in [0.05, 0.1) is 27.3 Å². The number of phenolic OH excluding ortho intramolecular Hbond substituents is 2. The molecule has 0 saturated heterocycles. The number of benzene rings is 3. The van der Waals surface area contributed by atoms with Gasteiger partial charge in [0.15, 0.2) is 22.8 Å². The van der Waals surface area contributed by atoms with Crippen molar-refractivity contribution in [3.63, 3.8) is 0 Å². The average Bonchev–Trinajstić information content (AvgIpc) is 3.05. The minimum atomic E-state index is -2.00. The molecule has 1 atom stereocenters. The van der Waals surface area contributed by atoms with Crippen molar-refractivity contribution in [1.29, 1.82) is 0 Å². The number of carboxylic acids is 1. The highest BCUT2D eigenvalue weighted by Crippen LogP contribution is 2.64. The molecule has 3 aromatic rings. The van der Waals surface area contributed by atoms with Gasteiger partial charge in [-0.1, -0.05) is 64.6 Å². The summed E-state index contributed by atoms with van der Waals surface area (Å²) in [6.45, 7) is 0. The Hall–Kier alpha value is -2.84. The van der Waals surface area contributed by atoms with Crippen LogP contribution in [0.2, 0.25) is 20.1 Å². The summed E-state index contributed by atoms with van der Waals surface area (Å²) in [5.74, 6) is -4.05. The number of ether oxygens (including phenoxy) is 2. The number of carbonyl (C=O) groups is 2. The molecule has 2 heterocycles.